The predicted molar refractivity (Wildman–Crippen MR) is 64.1 cm³/mol. The van der Waals surface area contributed by atoms with Gasteiger partial charge in [-0.15, -0.1) is 0 Å². The Bertz CT molecular complexity index is 631. The Kier molecular flexibility index (Phi) is 3.25. The summed E-state index contributed by atoms with van der Waals surface area (Å²) in [7, 11) is 0. The van der Waals surface area contributed by atoms with Crippen LogP contribution in [-0.2, 0) is 0 Å². The average molecular weight is 267 g/mol. The molecular formula is C12H8ClFN2O2. The van der Waals surface area contributed by atoms with Crippen LogP contribution in [0, 0.1) is 12.7 Å². The molecule has 1 aromatic carbocycles. The number of rotatable bonds is 2. The zero-order valence-corrected chi connectivity index (χ0v) is 10.1. The third kappa shape index (κ3) is 2.46. The van der Waals surface area contributed by atoms with Gasteiger partial charge in [0.2, 0.25) is 5.82 Å². The van der Waals surface area contributed by atoms with E-state index in [0.717, 1.165) is 0 Å². The molecule has 0 bridgehead atoms. The molecule has 0 atom stereocenters. The molecule has 1 heterocycles. The number of hydrogen-bond donors (Lipinski definition) is 1. The normalized spacial score (nSPS) is 10.4. The molecular weight excluding hydrogens is 259 g/mol. The van der Waals surface area contributed by atoms with Crippen LogP contribution in [0.15, 0.2) is 24.3 Å². The van der Waals surface area contributed by atoms with Crippen molar-refractivity contribution < 1.29 is 14.3 Å². The molecule has 0 fully saturated rings. The summed E-state index contributed by atoms with van der Waals surface area (Å²) in [4.78, 5) is 18.4. The number of carboxylic acids is 1. The minimum absolute atomic E-state index is 0.149. The van der Waals surface area contributed by atoms with Gasteiger partial charge in [-0.3, -0.25) is 0 Å². The number of nitrogens with zero attached hydrogens (tertiary/aromatic N) is 2. The van der Waals surface area contributed by atoms with E-state index in [2.05, 4.69) is 9.97 Å². The lowest BCUT2D eigenvalue weighted by Crippen LogP contribution is -2.06. The van der Waals surface area contributed by atoms with Crippen LogP contribution in [0.5, 0.6) is 0 Å². The third-order valence-corrected chi connectivity index (χ3v) is 2.48. The molecule has 1 N–H and O–H groups in total. The Morgan fingerprint density at radius 1 is 1.33 bits per heavy atom. The van der Waals surface area contributed by atoms with E-state index in [4.69, 9.17) is 16.7 Å². The zero-order chi connectivity index (χ0) is 13.3. The number of aromatic carboxylic acids is 1. The van der Waals surface area contributed by atoms with Crippen molar-refractivity contribution >= 4 is 17.6 Å². The summed E-state index contributed by atoms with van der Waals surface area (Å²) in [6.45, 7) is 1.61. The monoisotopic (exact) mass is 266 g/mol. The molecule has 2 aromatic rings. The van der Waals surface area contributed by atoms with E-state index in [1.165, 1.54) is 24.3 Å². The number of aryl methyl sites for hydroxylation is 1. The maximum atomic E-state index is 13.7. The second kappa shape index (κ2) is 4.70. The van der Waals surface area contributed by atoms with Gasteiger partial charge in [-0.1, -0.05) is 11.6 Å². The van der Waals surface area contributed by atoms with Gasteiger partial charge in [-0.05, 0) is 31.2 Å². The maximum Gasteiger partial charge on any atom is 0.373 e. The second-order valence-corrected chi connectivity index (χ2v) is 4.08. The van der Waals surface area contributed by atoms with Gasteiger partial charge in [-0.25, -0.2) is 19.2 Å². The number of carbonyl (C=O) groups is 1. The highest BCUT2D eigenvalue weighted by molar-refractivity contribution is 6.30. The van der Waals surface area contributed by atoms with Crippen molar-refractivity contribution in [1.82, 2.24) is 9.97 Å². The van der Waals surface area contributed by atoms with Crippen LogP contribution in [-0.4, -0.2) is 21.0 Å². The van der Waals surface area contributed by atoms with Gasteiger partial charge < -0.3 is 5.11 Å². The Labute approximate surface area is 107 Å². The molecule has 0 amide bonds. The zero-order valence-electron chi connectivity index (χ0n) is 9.32. The van der Waals surface area contributed by atoms with Gasteiger partial charge >= 0.3 is 5.97 Å². The summed E-state index contributed by atoms with van der Waals surface area (Å²) in [5.41, 5.74) is 0.784. The molecule has 92 valence electrons. The lowest BCUT2D eigenvalue weighted by atomic mass is 10.1. The standard InChI is InChI=1S/C12H8ClFN2O2/c1-6-4-10(16-11(15-6)12(17)18)8-5-7(13)2-3-9(8)14/h2-5H,1H3,(H,17,18). The highest BCUT2D eigenvalue weighted by Gasteiger charge is 2.13. The Hall–Kier alpha value is -2.01. The molecule has 0 spiro atoms. The van der Waals surface area contributed by atoms with Crippen LogP contribution in [0.3, 0.4) is 0 Å². The van der Waals surface area contributed by atoms with E-state index in [9.17, 15) is 9.18 Å². The lowest BCUT2D eigenvalue weighted by Gasteiger charge is -2.05. The molecule has 0 aliphatic rings. The van der Waals surface area contributed by atoms with Crippen LogP contribution in [0.25, 0.3) is 11.3 Å². The number of benzene rings is 1. The molecule has 0 saturated heterocycles. The van der Waals surface area contributed by atoms with Crippen molar-refractivity contribution in [3.05, 3.63) is 46.6 Å². The Balaban J connectivity index is 2.63. The van der Waals surface area contributed by atoms with Crippen molar-refractivity contribution in [1.29, 1.82) is 0 Å². The molecule has 1 aromatic heterocycles. The summed E-state index contributed by atoms with van der Waals surface area (Å²) in [5, 5.41) is 9.21. The first-order valence-electron chi connectivity index (χ1n) is 5.02. The van der Waals surface area contributed by atoms with Gasteiger partial charge in [0.15, 0.2) is 0 Å². The second-order valence-electron chi connectivity index (χ2n) is 3.65. The number of carboxylic acid groups (broad SMARTS) is 1. The van der Waals surface area contributed by atoms with E-state index in [1.807, 2.05) is 0 Å². The first-order chi connectivity index (χ1) is 8.47. The molecule has 0 radical (unpaired) electrons. The number of hydrogen-bond acceptors (Lipinski definition) is 3. The first kappa shape index (κ1) is 12.4. The molecule has 6 heteroatoms. The molecule has 0 unspecified atom stereocenters. The van der Waals surface area contributed by atoms with Gasteiger partial charge in [0.25, 0.3) is 0 Å². The number of halogens is 2. The maximum absolute atomic E-state index is 13.7. The van der Waals surface area contributed by atoms with E-state index in [-0.39, 0.29) is 17.1 Å². The van der Waals surface area contributed by atoms with Crippen LogP contribution in [0.2, 0.25) is 5.02 Å². The summed E-state index contributed by atoms with van der Waals surface area (Å²) in [5.74, 6) is -2.15. The Morgan fingerprint density at radius 3 is 2.72 bits per heavy atom. The highest BCUT2D eigenvalue weighted by atomic mass is 35.5. The molecule has 0 aliphatic carbocycles. The lowest BCUT2D eigenvalue weighted by molar-refractivity contribution is 0.0683. The largest absolute Gasteiger partial charge is 0.475 e. The predicted octanol–water partition coefficient (Wildman–Crippen LogP) is 2.94. The van der Waals surface area contributed by atoms with E-state index < -0.39 is 11.8 Å². The van der Waals surface area contributed by atoms with Crippen molar-refractivity contribution in [3.63, 3.8) is 0 Å². The van der Waals surface area contributed by atoms with Crippen molar-refractivity contribution in [2.45, 2.75) is 6.92 Å². The number of aromatic nitrogens is 2. The van der Waals surface area contributed by atoms with E-state index in [0.29, 0.717) is 10.7 Å². The topological polar surface area (TPSA) is 63.1 Å². The fraction of sp³-hybridized carbons (Fsp3) is 0.0833. The third-order valence-electron chi connectivity index (χ3n) is 2.25. The highest BCUT2D eigenvalue weighted by Crippen LogP contribution is 2.25. The molecule has 18 heavy (non-hydrogen) atoms. The van der Waals surface area contributed by atoms with Crippen LogP contribution in [0.4, 0.5) is 4.39 Å². The van der Waals surface area contributed by atoms with E-state index in [1.54, 1.807) is 6.92 Å². The first-order valence-corrected chi connectivity index (χ1v) is 5.39. The molecule has 4 nitrogen and oxygen atoms in total. The van der Waals surface area contributed by atoms with Crippen molar-refractivity contribution in [2.24, 2.45) is 0 Å². The smallest absolute Gasteiger partial charge is 0.373 e. The fourth-order valence-electron chi connectivity index (χ4n) is 1.50. The van der Waals surface area contributed by atoms with Gasteiger partial charge in [0, 0.05) is 16.3 Å². The summed E-state index contributed by atoms with van der Waals surface area (Å²) >= 11 is 5.78. The molecule has 0 saturated carbocycles. The van der Waals surface area contributed by atoms with E-state index >= 15 is 0 Å². The summed E-state index contributed by atoms with van der Waals surface area (Å²) < 4.78 is 13.7. The Morgan fingerprint density at radius 2 is 2.06 bits per heavy atom. The molecule has 2 rings (SSSR count). The SMILES string of the molecule is Cc1cc(-c2cc(Cl)ccc2F)nc(C(=O)O)n1. The average Bonchev–Trinajstić information content (AvgIpc) is 2.31. The van der Waals surface area contributed by atoms with Crippen molar-refractivity contribution in [3.8, 4) is 11.3 Å². The summed E-state index contributed by atoms with van der Waals surface area (Å²) in [6, 6.07) is 5.51. The van der Waals surface area contributed by atoms with Crippen LogP contribution >= 0.6 is 11.6 Å². The minimum Gasteiger partial charge on any atom is -0.475 e. The molecule has 0 aliphatic heterocycles. The van der Waals surface area contributed by atoms with Crippen LogP contribution < -0.4 is 0 Å². The van der Waals surface area contributed by atoms with Gasteiger partial charge in [0.1, 0.15) is 5.82 Å². The van der Waals surface area contributed by atoms with Gasteiger partial charge in [0.05, 0.1) is 5.69 Å². The quantitative estimate of drug-likeness (QED) is 0.908. The van der Waals surface area contributed by atoms with Crippen molar-refractivity contribution in [2.75, 3.05) is 0 Å². The minimum atomic E-state index is -1.26. The van der Waals surface area contributed by atoms with Gasteiger partial charge in [-0.2, -0.15) is 0 Å². The van der Waals surface area contributed by atoms with Crippen LogP contribution in [0.1, 0.15) is 16.3 Å². The fourth-order valence-corrected chi connectivity index (χ4v) is 1.67. The summed E-state index contributed by atoms with van der Waals surface area (Å²) in [6.07, 6.45) is 0.